The number of nitrogens with one attached hydrogen (secondary N) is 1. The summed E-state index contributed by atoms with van der Waals surface area (Å²) < 4.78 is 38.3. The first kappa shape index (κ1) is 16.4. The largest absolute Gasteiger partial charge is 0.497 e. The number of hydrogen-bond acceptors (Lipinski definition) is 9. The molecule has 1 aliphatic heterocycles. The van der Waals surface area contributed by atoms with Gasteiger partial charge in [-0.25, -0.2) is 4.79 Å². The zero-order chi connectivity index (χ0) is 17.2. The number of carbonyl (C=O) groups is 1. The number of benzene rings is 1. The van der Waals surface area contributed by atoms with Crippen LogP contribution in [0.2, 0.25) is 0 Å². The Bertz CT molecular complexity index is 826. The van der Waals surface area contributed by atoms with Gasteiger partial charge in [0, 0.05) is 24.6 Å². The highest BCUT2D eigenvalue weighted by Crippen LogP contribution is 2.21. The summed E-state index contributed by atoms with van der Waals surface area (Å²) in [6.07, 6.45) is 0. The van der Waals surface area contributed by atoms with Gasteiger partial charge >= 0.3 is 22.0 Å². The van der Waals surface area contributed by atoms with Crippen LogP contribution in [0.1, 0.15) is 10.7 Å². The Morgan fingerprint density at radius 1 is 1.29 bits per heavy atom. The van der Waals surface area contributed by atoms with Gasteiger partial charge in [-0.1, -0.05) is 0 Å². The number of aromatic nitrogens is 2. The summed E-state index contributed by atoms with van der Waals surface area (Å²) in [5, 5.41) is 10.2. The zero-order valence-electron chi connectivity index (χ0n) is 12.8. The highest BCUT2D eigenvalue weighted by molar-refractivity contribution is 7.87. The molecule has 9 nitrogen and oxygen atoms in total. The van der Waals surface area contributed by atoms with Gasteiger partial charge in [0.15, 0.2) is 0 Å². The predicted octanol–water partition coefficient (Wildman–Crippen LogP) is 0.451. The average molecular weight is 353 g/mol. The van der Waals surface area contributed by atoms with Crippen molar-refractivity contribution in [3.05, 3.63) is 30.2 Å². The predicted molar refractivity (Wildman–Crippen MR) is 81.8 cm³/mol. The van der Waals surface area contributed by atoms with Crippen LogP contribution >= 0.6 is 0 Å². The van der Waals surface area contributed by atoms with Crippen LogP contribution in [-0.2, 0) is 14.3 Å². The number of nitrogens with zero attached hydrogens (tertiary/aromatic N) is 2. The van der Waals surface area contributed by atoms with Gasteiger partial charge in [0.1, 0.15) is 5.75 Å². The average Bonchev–Trinajstić information content (AvgIpc) is 3.01. The number of carbonyl (C=O) groups excluding carboxylic acids is 1. The minimum absolute atomic E-state index is 0.0552. The van der Waals surface area contributed by atoms with E-state index in [2.05, 4.69) is 19.7 Å². The van der Waals surface area contributed by atoms with Crippen molar-refractivity contribution in [1.29, 1.82) is 0 Å². The van der Waals surface area contributed by atoms with E-state index < -0.39 is 22.0 Å². The molecule has 0 amide bonds. The maximum absolute atomic E-state index is 11.9. The first-order valence-electron chi connectivity index (χ1n) is 7.12. The first-order chi connectivity index (χ1) is 11.5. The van der Waals surface area contributed by atoms with E-state index in [-0.39, 0.29) is 17.6 Å². The van der Waals surface area contributed by atoms with Gasteiger partial charge in [-0.2, -0.15) is 8.42 Å². The van der Waals surface area contributed by atoms with Gasteiger partial charge in [0.2, 0.25) is 5.89 Å². The van der Waals surface area contributed by atoms with Gasteiger partial charge in [-0.05, 0) is 24.3 Å². The third kappa shape index (κ3) is 3.71. The van der Waals surface area contributed by atoms with Crippen molar-refractivity contribution in [2.45, 2.75) is 0 Å². The molecule has 1 aromatic carbocycles. The molecule has 1 saturated heterocycles. The molecular formula is C14H15N3O6S. The summed E-state index contributed by atoms with van der Waals surface area (Å²) in [7, 11) is -2.45. The Morgan fingerprint density at radius 2 is 2.00 bits per heavy atom. The molecule has 1 N–H and O–H groups in total. The Hall–Kier alpha value is -2.46. The van der Waals surface area contributed by atoms with Crippen LogP contribution in [0.25, 0.3) is 11.5 Å². The van der Waals surface area contributed by atoms with E-state index in [1.54, 1.807) is 24.3 Å². The second-order valence-corrected chi connectivity index (χ2v) is 6.88. The second kappa shape index (κ2) is 6.57. The topological polar surface area (TPSA) is 121 Å². The molecule has 0 bridgehead atoms. The fourth-order valence-electron chi connectivity index (χ4n) is 2.10. The Balaban J connectivity index is 1.68. The molecule has 0 radical (unpaired) electrons. The van der Waals surface area contributed by atoms with Crippen molar-refractivity contribution in [3.8, 4) is 17.2 Å². The highest BCUT2D eigenvalue weighted by Gasteiger charge is 2.29. The summed E-state index contributed by atoms with van der Waals surface area (Å²) in [5.41, 5.74) is 0.561. The summed E-state index contributed by atoms with van der Waals surface area (Å²) in [6, 6.07) is 6.72. The van der Waals surface area contributed by atoms with Crippen LogP contribution in [0.4, 0.5) is 0 Å². The summed E-state index contributed by atoms with van der Waals surface area (Å²) >= 11 is 0. The Labute approximate surface area is 138 Å². The van der Waals surface area contributed by atoms with Crippen molar-refractivity contribution in [3.63, 3.8) is 0 Å². The van der Waals surface area contributed by atoms with Gasteiger partial charge in [0.25, 0.3) is 0 Å². The van der Waals surface area contributed by atoms with E-state index in [4.69, 9.17) is 9.15 Å². The molecule has 2 heterocycles. The van der Waals surface area contributed by atoms with Crippen molar-refractivity contribution in [1.82, 2.24) is 15.5 Å². The van der Waals surface area contributed by atoms with Crippen LogP contribution in [0.3, 0.4) is 0 Å². The van der Waals surface area contributed by atoms with Crippen molar-refractivity contribution < 1.29 is 26.5 Å². The molecular weight excluding hydrogens is 338 g/mol. The van der Waals surface area contributed by atoms with Gasteiger partial charge < -0.3 is 18.7 Å². The summed E-state index contributed by atoms with van der Waals surface area (Å²) in [4.78, 5) is 11.9. The van der Waals surface area contributed by atoms with E-state index in [0.717, 1.165) is 0 Å². The van der Waals surface area contributed by atoms with Crippen LogP contribution in [0.5, 0.6) is 5.75 Å². The number of rotatable bonds is 6. The first-order valence-corrected chi connectivity index (χ1v) is 8.70. The van der Waals surface area contributed by atoms with Crippen molar-refractivity contribution >= 4 is 16.1 Å². The molecule has 1 fully saturated rings. The lowest BCUT2D eigenvalue weighted by atomic mass is 10.1. The van der Waals surface area contributed by atoms with E-state index in [9.17, 15) is 13.2 Å². The van der Waals surface area contributed by atoms with Gasteiger partial charge in [-0.3, -0.25) is 0 Å². The molecule has 0 unspecified atom stereocenters. The van der Waals surface area contributed by atoms with Crippen LogP contribution < -0.4 is 10.1 Å². The van der Waals surface area contributed by atoms with Crippen LogP contribution in [0, 0.1) is 5.92 Å². The molecule has 0 aliphatic carbocycles. The standard InChI is InChI=1S/C14H15N3O6S/c1-21-11-4-2-10(3-5-11)12-16-17-13(22-12)14(18)23-24(19,20)8-9-6-15-7-9/h2-5,9,15H,6-8H2,1H3. The van der Waals surface area contributed by atoms with Crippen LogP contribution in [-0.4, -0.2) is 50.5 Å². The van der Waals surface area contributed by atoms with E-state index in [1.165, 1.54) is 7.11 Å². The minimum Gasteiger partial charge on any atom is -0.497 e. The quantitative estimate of drug-likeness (QED) is 0.738. The number of methoxy groups -OCH3 is 1. The molecule has 2 aromatic rings. The SMILES string of the molecule is COc1ccc(-c2nnc(C(=O)OS(=O)(=O)CC3CNC3)o2)cc1. The number of hydrogen-bond donors (Lipinski definition) is 1. The lowest BCUT2D eigenvalue weighted by molar-refractivity contribution is 0.0704. The molecule has 128 valence electrons. The van der Waals surface area contributed by atoms with Gasteiger partial charge in [0.05, 0.1) is 12.9 Å². The maximum Gasteiger partial charge on any atom is 0.411 e. The molecule has 0 spiro atoms. The molecule has 24 heavy (non-hydrogen) atoms. The fourth-order valence-corrected chi connectivity index (χ4v) is 3.28. The normalized spacial score (nSPS) is 14.9. The van der Waals surface area contributed by atoms with E-state index >= 15 is 0 Å². The van der Waals surface area contributed by atoms with Crippen molar-refractivity contribution in [2.75, 3.05) is 26.0 Å². The monoisotopic (exact) mass is 353 g/mol. The lowest BCUT2D eigenvalue weighted by Crippen LogP contribution is -2.45. The highest BCUT2D eigenvalue weighted by atomic mass is 32.2. The molecule has 0 atom stereocenters. The van der Waals surface area contributed by atoms with Crippen LogP contribution in [0.15, 0.2) is 28.7 Å². The Morgan fingerprint density at radius 3 is 2.58 bits per heavy atom. The third-order valence-corrected chi connectivity index (χ3v) is 4.73. The zero-order valence-corrected chi connectivity index (χ0v) is 13.6. The molecule has 10 heteroatoms. The summed E-state index contributed by atoms with van der Waals surface area (Å²) in [5.74, 6) is -1.27. The fraction of sp³-hybridized carbons (Fsp3) is 0.357. The molecule has 1 aliphatic rings. The van der Waals surface area contributed by atoms with E-state index in [0.29, 0.717) is 24.4 Å². The second-order valence-electron chi connectivity index (χ2n) is 5.26. The Kier molecular flexibility index (Phi) is 4.49. The van der Waals surface area contributed by atoms with E-state index in [1.807, 2.05) is 0 Å². The van der Waals surface area contributed by atoms with Gasteiger partial charge in [-0.15, -0.1) is 10.2 Å². The third-order valence-electron chi connectivity index (χ3n) is 3.45. The molecule has 0 saturated carbocycles. The van der Waals surface area contributed by atoms with Crippen molar-refractivity contribution in [2.24, 2.45) is 5.92 Å². The molecule has 3 rings (SSSR count). The minimum atomic E-state index is -3.99. The smallest absolute Gasteiger partial charge is 0.411 e. The number of ether oxygens (including phenoxy) is 1. The molecule has 1 aromatic heterocycles. The lowest BCUT2D eigenvalue weighted by Gasteiger charge is -2.25. The summed E-state index contributed by atoms with van der Waals surface area (Å²) in [6.45, 7) is 1.16. The maximum atomic E-state index is 11.9.